The monoisotopic (exact) mass is 435 g/mol. The molecule has 0 spiro atoms. The quantitative estimate of drug-likeness (QED) is 0.574. The predicted molar refractivity (Wildman–Crippen MR) is 108 cm³/mol. The van der Waals surface area contributed by atoms with Crippen LogP contribution in [-0.2, 0) is 21.9 Å². The average molecular weight is 436 g/mol. The normalized spacial score (nSPS) is 12.6. The van der Waals surface area contributed by atoms with E-state index in [1.165, 1.54) is 48.2 Å². The average Bonchev–Trinajstić information content (AvgIpc) is 3.02. The van der Waals surface area contributed by atoms with E-state index >= 15 is 0 Å². The van der Waals surface area contributed by atoms with Crippen molar-refractivity contribution >= 4 is 33.4 Å². The molecule has 0 aliphatic heterocycles. The van der Waals surface area contributed by atoms with Crippen molar-refractivity contribution in [1.29, 1.82) is 0 Å². The number of amides is 1. The van der Waals surface area contributed by atoms with Crippen molar-refractivity contribution < 1.29 is 17.6 Å². The van der Waals surface area contributed by atoms with Gasteiger partial charge in [-0.05, 0) is 55.5 Å². The number of sulfonamides is 1. The number of nitrogens with one attached hydrogen (secondary N) is 1. The van der Waals surface area contributed by atoms with E-state index in [0.717, 1.165) is 0 Å². The Morgan fingerprint density at radius 1 is 1.14 bits per heavy atom. The number of hydrogen-bond acceptors (Lipinski definition) is 6. The topological polar surface area (TPSA) is 120 Å². The Balaban J connectivity index is 1.68. The zero-order chi connectivity index (χ0) is 21.2. The summed E-state index contributed by atoms with van der Waals surface area (Å²) < 4.78 is 37.4. The highest BCUT2D eigenvalue weighted by atomic mass is 32.2. The number of carbonyl (C=O) groups excluding carboxylic acids is 1. The third-order valence-electron chi connectivity index (χ3n) is 4.04. The molecule has 1 amide bonds. The number of aromatic nitrogens is 3. The van der Waals surface area contributed by atoms with Gasteiger partial charge < -0.3 is 9.88 Å². The molecule has 0 bridgehead atoms. The fourth-order valence-electron chi connectivity index (χ4n) is 2.45. The summed E-state index contributed by atoms with van der Waals surface area (Å²) >= 11 is 1.21. The molecule has 3 aromatic rings. The van der Waals surface area contributed by atoms with Crippen LogP contribution >= 0.6 is 11.8 Å². The summed E-state index contributed by atoms with van der Waals surface area (Å²) in [5.41, 5.74) is 1.15. The SMILES string of the molecule is C[C@@H](Sc1nnc(-c2ccc(F)cc2)n1C)C(=O)Nc1ccc(S(N)(=O)=O)cc1. The first kappa shape index (κ1) is 21.0. The summed E-state index contributed by atoms with van der Waals surface area (Å²) in [5, 5.41) is 16.0. The van der Waals surface area contributed by atoms with E-state index in [-0.39, 0.29) is 16.6 Å². The van der Waals surface area contributed by atoms with Gasteiger partial charge in [-0.25, -0.2) is 17.9 Å². The molecule has 3 N–H and O–H groups in total. The van der Waals surface area contributed by atoms with Crippen molar-refractivity contribution in [3.8, 4) is 11.4 Å². The number of nitrogens with zero attached hydrogens (tertiary/aromatic N) is 3. The molecule has 8 nitrogen and oxygen atoms in total. The lowest BCUT2D eigenvalue weighted by Crippen LogP contribution is -2.23. The highest BCUT2D eigenvalue weighted by Gasteiger charge is 2.20. The number of carbonyl (C=O) groups is 1. The first-order chi connectivity index (χ1) is 13.6. The van der Waals surface area contributed by atoms with Crippen LogP contribution < -0.4 is 10.5 Å². The Hall–Kier alpha value is -2.76. The largest absolute Gasteiger partial charge is 0.325 e. The van der Waals surface area contributed by atoms with Gasteiger partial charge in [0.05, 0.1) is 10.1 Å². The molecule has 3 rings (SSSR count). The number of rotatable bonds is 6. The van der Waals surface area contributed by atoms with Gasteiger partial charge in [-0.2, -0.15) is 0 Å². The maximum Gasteiger partial charge on any atom is 0.238 e. The number of hydrogen-bond donors (Lipinski definition) is 2. The van der Waals surface area contributed by atoms with E-state index in [1.807, 2.05) is 0 Å². The van der Waals surface area contributed by atoms with Crippen LogP contribution in [0.15, 0.2) is 58.6 Å². The van der Waals surface area contributed by atoms with Crippen LogP contribution in [-0.4, -0.2) is 34.3 Å². The molecule has 0 radical (unpaired) electrons. The number of benzene rings is 2. The van der Waals surface area contributed by atoms with Gasteiger partial charge in [-0.15, -0.1) is 10.2 Å². The van der Waals surface area contributed by atoms with Crippen LogP contribution in [0.4, 0.5) is 10.1 Å². The summed E-state index contributed by atoms with van der Waals surface area (Å²) in [6, 6.07) is 11.5. The fourth-order valence-corrected chi connectivity index (χ4v) is 3.78. The Morgan fingerprint density at radius 2 is 1.76 bits per heavy atom. The summed E-state index contributed by atoms with van der Waals surface area (Å²) in [6.07, 6.45) is 0. The predicted octanol–water partition coefficient (Wildman–Crippen LogP) is 2.39. The van der Waals surface area contributed by atoms with Crippen LogP contribution in [0.3, 0.4) is 0 Å². The first-order valence-electron chi connectivity index (χ1n) is 8.41. The standard InChI is InChI=1S/C18H18FN5O3S2/c1-11(17(25)21-14-7-9-15(10-8-14)29(20,26)27)28-18-23-22-16(24(18)2)12-3-5-13(19)6-4-12/h3-11H,1-2H3,(H,21,25)(H2,20,26,27)/t11-/m1/s1. The number of nitrogens with two attached hydrogens (primary N) is 1. The van der Waals surface area contributed by atoms with E-state index in [4.69, 9.17) is 5.14 Å². The second kappa shape index (κ2) is 8.31. The molecule has 1 atom stereocenters. The Bertz CT molecular complexity index is 1130. The lowest BCUT2D eigenvalue weighted by atomic mass is 10.2. The lowest BCUT2D eigenvalue weighted by molar-refractivity contribution is -0.115. The summed E-state index contributed by atoms with van der Waals surface area (Å²) in [6.45, 7) is 1.71. The van der Waals surface area contributed by atoms with Crippen molar-refractivity contribution in [3.05, 3.63) is 54.3 Å². The highest BCUT2D eigenvalue weighted by Crippen LogP contribution is 2.26. The summed E-state index contributed by atoms with van der Waals surface area (Å²) in [7, 11) is -2.03. The van der Waals surface area contributed by atoms with Crippen molar-refractivity contribution in [2.75, 3.05) is 5.32 Å². The number of primary sulfonamides is 1. The molecule has 152 valence electrons. The maximum atomic E-state index is 13.1. The van der Waals surface area contributed by atoms with Gasteiger partial charge in [0.2, 0.25) is 15.9 Å². The Kier molecular flexibility index (Phi) is 6.01. The van der Waals surface area contributed by atoms with E-state index in [1.54, 1.807) is 30.7 Å². The zero-order valence-corrected chi connectivity index (χ0v) is 17.2. The van der Waals surface area contributed by atoms with Gasteiger partial charge >= 0.3 is 0 Å². The van der Waals surface area contributed by atoms with E-state index in [9.17, 15) is 17.6 Å². The van der Waals surface area contributed by atoms with Crippen molar-refractivity contribution in [3.63, 3.8) is 0 Å². The number of anilines is 1. The van der Waals surface area contributed by atoms with E-state index in [0.29, 0.717) is 22.2 Å². The molecule has 0 aliphatic rings. The minimum absolute atomic E-state index is 0.0367. The van der Waals surface area contributed by atoms with Crippen LogP contribution in [0.1, 0.15) is 6.92 Å². The molecule has 1 heterocycles. The second-order valence-electron chi connectivity index (χ2n) is 6.19. The van der Waals surface area contributed by atoms with Gasteiger partial charge in [0, 0.05) is 18.3 Å². The van der Waals surface area contributed by atoms with E-state index in [2.05, 4.69) is 15.5 Å². The summed E-state index contributed by atoms with van der Waals surface area (Å²) in [4.78, 5) is 12.4. The lowest BCUT2D eigenvalue weighted by Gasteiger charge is -2.12. The zero-order valence-electron chi connectivity index (χ0n) is 15.5. The smallest absolute Gasteiger partial charge is 0.238 e. The van der Waals surface area contributed by atoms with Gasteiger partial charge in [0.1, 0.15) is 5.82 Å². The molecule has 11 heteroatoms. The van der Waals surface area contributed by atoms with Gasteiger partial charge in [0.25, 0.3) is 0 Å². The molecule has 0 saturated heterocycles. The Morgan fingerprint density at radius 3 is 2.34 bits per heavy atom. The van der Waals surface area contributed by atoms with Crippen LogP contribution in [0.25, 0.3) is 11.4 Å². The molecule has 0 aliphatic carbocycles. The maximum absolute atomic E-state index is 13.1. The van der Waals surface area contributed by atoms with Crippen LogP contribution in [0.5, 0.6) is 0 Å². The third kappa shape index (κ3) is 5.00. The molecular weight excluding hydrogens is 417 g/mol. The molecule has 0 fully saturated rings. The van der Waals surface area contributed by atoms with Crippen molar-refractivity contribution in [2.24, 2.45) is 12.2 Å². The van der Waals surface area contributed by atoms with E-state index < -0.39 is 15.3 Å². The second-order valence-corrected chi connectivity index (χ2v) is 9.06. The Labute approximate surface area is 171 Å². The molecule has 1 aromatic heterocycles. The first-order valence-corrected chi connectivity index (χ1v) is 10.8. The van der Waals surface area contributed by atoms with Crippen molar-refractivity contribution in [1.82, 2.24) is 14.8 Å². The molecule has 2 aromatic carbocycles. The molecule has 29 heavy (non-hydrogen) atoms. The van der Waals surface area contributed by atoms with Crippen LogP contribution in [0.2, 0.25) is 0 Å². The van der Waals surface area contributed by atoms with Gasteiger partial charge in [-0.1, -0.05) is 11.8 Å². The van der Waals surface area contributed by atoms with Gasteiger partial charge in [0.15, 0.2) is 11.0 Å². The van der Waals surface area contributed by atoms with Gasteiger partial charge in [-0.3, -0.25) is 4.79 Å². The molecule has 0 unspecified atom stereocenters. The third-order valence-corrected chi connectivity index (χ3v) is 6.10. The van der Waals surface area contributed by atoms with Crippen LogP contribution in [0, 0.1) is 5.82 Å². The minimum atomic E-state index is -3.79. The molecule has 0 saturated carbocycles. The highest BCUT2D eigenvalue weighted by molar-refractivity contribution is 8.00. The number of thioether (sulfide) groups is 1. The molecular formula is C18H18FN5O3S2. The number of halogens is 1. The minimum Gasteiger partial charge on any atom is -0.325 e. The fraction of sp³-hybridized carbons (Fsp3) is 0.167. The van der Waals surface area contributed by atoms with Crippen molar-refractivity contribution in [2.45, 2.75) is 22.2 Å². The summed E-state index contributed by atoms with van der Waals surface area (Å²) in [5.74, 6) is -0.0729.